The van der Waals surface area contributed by atoms with E-state index in [1.807, 2.05) is 0 Å². The standard InChI is InChI=1S/C10H20O2Si/c1-10(2,3)13(4,5)12-9(11)8-6-7-8/h8H,6-7H2,1-5H3. The van der Waals surface area contributed by atoms with Crippen molar-refractivity contribution in [1.29, 1.82) is 0 Å². The summed E-state index contributed by atoms with van der Waals surface area (Å²) in [5, 5.41) is 0.136. The van der Waals surface area contributed by atoms with E-state index in [0.29, 0.717) is 0 Å². The SMILES string of the molecule is CC(C)(C)[Si](C)(C)OC(=O)C1CC1. The lowest BCUT2D eigenvalue weighted by Crippen LogP contribution is -2.43. The molecule has 13 heavy (non-hydrogen) atoms. The van der Waals surface area contributed by atoms with E-state index >= 15 is 0 Å². The second-order valence-corrected chi connectivity index (χ2v) is 10.2. The minimum absolute atomic E-state index is 0.0478. The topological polar surface area (TPSA) is 26.3 Å². The van der Waals surface area contributed by atoms with Crippen LogP contribution in [-0.4, -0.2) is 14.3 Å². The average molecular weight is 200 g/mol. The molecular weight excluding hydrogens is 180 g/mol. The first kappa shape index (κ1) is 10.8. The number of rotatable bonds is 2. The molecule has 0 radical (unpaired) electrons. The van der Waals surface area contributed by atoms with Gasteiger partial charge in [0.15, 0.2) is 0 Å². The highest BCUT2D eigenvalue weighted by Crippen LogP contribution is 2.39. The highest BCUT2D eigenvalue weighted by Gasteiger charge is 2.43. The molecular formula is C10H20O2Si. The highest BCUT2D eigenvalue weighted by atomic mass is 28.4. The number of carbonyl (C=O) groups is 1. The maximum atomic E-state index is 11.5. The van der Waals surface area contributed by atoms with E-state index in [9.17, 15) is 4.79 Å². The van der Waals surface area contributed by atoms with Crippen LogP contribution >= 0.6 is 0 Å². The summed E-state index contributed by atoms with van der Waals surface area (Å²) in [5.74, 6) is 0.278. The van der Waals surface area contributed by atoms with Gasteiger partial charge in [-0.3, -0.25) is 4.79 Å². The van der Waals surface area contributed by atoms with Gasteiger partial charge in [-0.1, -0.05) is 20.8 Å². The van der Waals surface area contributed by atoms with Gasteiger partial charge in [-0.15, -0.1) is 0 Å². The molecule has 0 aromatic rings. The van der Waals surface area contributed by atoms with Crippen molar-refractivity contribution in [2.24, 2.45) is 5.92 Å². The second-order valence-electron chi connectivity index (χ2n) is 5.46. The molecule has 0 aliphatic heterocycles. The van der Waals surface area contributed by atoms with Crippen LogP contribution < -0.4 is 0 Å². The zero-order chi connectivity index (χ0) is 10.3. The second kappa shape index (κ2) is 3.12. The monoisotopic (exact) mass is 200 g/mol. The van der Waals surface area contributed by atoms with Crippen molar-refractivity contribution in [3.05, 3.63) is 0 Å². The predicted molar refractivity (Wildman–Crippen MR) is 56.0 cm³/mol. The average Bonchev–Trinajstić information content (AvgIpc) is 2.62. The van der Waals surface area contributed by atoms with Crippen LogP contribution in [-0.2, 0) is 9.22 Å². The van der Waals surface area contributed by atoms with Gasteiger partial charge >= 0.3 is 0 Å². The molecule has 0 aromatic carbocycles. The van der Waals surface area contributed by atoms with Crippen LogP contribution in [0, 0.1) is 5.92 Å². The summed E-state index contributed by atoms with van der Waals surface area (Å²) in [6.07, 6.45) is 2.07. The molecule has 0 spiro atoms. The summed E-state index contributed by atoms with van der Waals surface area (Å²) < 4.78 is 5.63. The van der Waals surface area contributed by atoms with Gasteiger partial charge in [0.1, 0.15) is 0 Å². The van der Waals surface area contributed by atoms with E-state index in [1.165, 1.54) is 0 Å². The fourth-order valence-corrected chi connectivity index (χ4v) is 1.78. The van der Waals surface area contributed by atoms with Gasteiger partial charge in [0, 0.05) is 0 Å². The lowest BCUT2D eigenvalue weighted by atomic mass is 10.2. The number of carbonyl (C=O) groups excluding carboxylic acids is 1. The summed E-state index contributed by atoms with van der Waals surface area (Å²) in [5.41, 5.74) is 0. The van der Waals surface area contributed by atoms with Gasteiger partial charge in [-0.2, -0.15) is 0 Å². The van der Waals surface area contributed by atoms with Crippen molar-refractivity contribution in [2.45, 2.75) is 51.7 Å². The Kier molecular flexibility index (Phi) is 2.58. The molecule has 0 atom stereocenters. The first-order valence-electron chi connectivity index (χ1n) is 4.97. The zero-order valence-corrected chi connectivity index (χ0v) is 10.3. The molecule has 1 saturated carbocycles. The highest BCUT2D eigenvalue weighted by molar-refractivity contribution is 6.75. The molecule has 1 aliphatic rings. The summed E-state index contributed by atoms with van der Waals surface area (Å²) >= 11 is 0. The predicted octanol–water partition coefficient (Wildman–Crippen LogP) is 2.94. The van der Waals surface area contributed by atoms with Crippen LogP contribution in [0.3, 0.4) is 0 Å². The van der Waals surface area contributed by atoms with Crippen molar-refractivity contribution in [3.63, 3.8) is 0 Å². The Labute approximate surface area is 81.8 Å². The van der Waals surface area contributed by atoms with Crippen LogP contribution in [0.4, 0.5) is 0 Å². The normalized spacial score (nSPS) is 18.5. The van der Waals surface area contributed by atoms with Crippen molar-refractivity contribution < 1.29 is 9.22 Å². The van der Waals surface area contributed by atoms with E-state index in [1.54, 1.807) is 0 Å². The maximum Gasteiger partial charge on any atom is 0.295 e. The molecule has 2 nitrogen and oxygen atoms in total. The van der Waals surface area contributed by atoms with Crippen LogP contribution in [0.25, 0.3) is 0 Å². The van der Waals surface area contributed by atoms with E-state index < -0.39 is 8.32 Å². The molecule has 76 valence electrons. The molecule has 1 fully saturated rings. The Morgan fingerprint density at radius 3 is 2.08 bits per heavy atom. The van der Waals surface area contributed by atoms with Gasteiger partial charge in [0.05, 0.1) is 5.92 Å². The molecule has 0 amide bonds. The molecule has 0 bridgehead atoms. The molecule has 0 unspecified atom stereocenters. The fraction of sp³-hybridized carbons (Fsp3) is 0.900. The Morgan fingerprint density at radius 1 is 1.31 bits per heavy atom. The molecule has 1 aliphatic carbocycles. The minimum Gasteiger partial charge on any atom is -0.519 e. The molecule has 0 aromatic heterocycles. The van der Waals surface area contributed by atoms with Gasteiger partial charge < -0.3 is 4.43 Å². The van der Waals surface area contributed by atoms with E-state index in [2.05, 4.69) is 33.9 Å². The maximum absolute atomic E-state index is 11.5. The number of hydrogen-bond donors (Lipinski definition) is 0. The van der Waals surface area contributed by atoms with Gasteiger partial charge in [0.2, 0.25) is 0 Å². The van der Waals surface area contributed by atoms with E-state index in [0.717, 1.165) is 12.8 Å². The third kappa shape index (κ3) is 2.56. The Bertz CT molecular complexity index is 211. The fourth-order valence-electron chi connectivity index (χ4n) is 0.807. The molecule has 0 N–H and O–H groups in total. The summed E-state index contributed by atoms with van der Waals surface area (Å²) in [6, 6.07) is 0. The zero-order valence-electron chi connectivity index (χ0n) is 9.31. The lowest BCUT2D eigenvalue weighted by Gasteiger charge is -2.35. The van der Waals surface area contributed by atoms with Crippen molar-refractivity contribution in [2.75, 3.05) is 0 Å². The van der Waals surface area contributed by atoms with Gasteiger partial charge in [-0.05, 0) is 31.0 Å². The van der Waals surface area contributed by atoms with Crippen LogP contribution in [0.2, 0.25) is 18.1 Å². The summed E-state index contributed by atoms with van der Waals surface area (Å²) in [6.45, 7) is 10.7. The summed E-state index contributed by atoms with van der Waals surface area (Å²) in [4.78, 5) is 11.5. The summed E-state index contributed by atoms with van der Waals surface area (Å²) in [7, 11) is -1.84. The van der Waals surface area contributed by atoms with E-state index in [4.69, 9.17) is 4.43 Å². The van der Waals surface area contributed by atoms with E-state index in [-0.39, 0.29) is 16.9 Å². The quantitative estimate of drug-likeness (QED) is 0.641. The smallest absolute Gasteiger partial charge is 0.295 e. The van der Waals surface area contributed by atoms with Gasteiger partial charge in [0.25, 0.3) is 14.3 Å². The molecule has 0 heterocycles. The van der Waals surface area contributed by atoms with Crippen molar-refractivity contribution in [3.8, 4) is 0 Å². The first-order chi connectivity index (χ1) is 5.74. The van der Waals surface area contributed by atoms with Crippen LogP contribution in [0.15, 0.2) is 0 Å². The lowest BCUT2D eigenvalue weighted by molar-refractivity contribution is -0.136. The Hall–Kier alpha value is -0.313. The molecule has 0 saturated heterocycles. The van der Waals surface area contributed by atoms with Crippen molar-refractivity contribution in [1.82, 2.24) is 0 Å². The minimum atomic E-state index is -1.84. The van der Waals surface area contributed by atoms with Crippen molar-refractivity contribution >= 4 is 14.3 Å². The van der Waals surface area contributed by atoms with Gasteiger partial charge in [-0.25, -0.2) is 0 Å². The third-order valence-corrected chi connectivity index (χ3v) is 7.40. The van der Waals surface area contributed by atoms with Crippen LogP contribution in [0.1, 0.15) is 33.6 Å². The first-order valence-corrected chi connectivity index (χ1v) is 7.88. The molecule has 1 rings (SSSR count). The largest absolute Gasteiger partial charge is 0.519 e. The molecule has 3 heteroatoms. The number of hydrogen-bond acceptors (Lipinski definition) is 2. The third-order valence-electron chi connectivity index (χ3n) is 3.07. The Balaban J connectivity index is 2.55. The van der Waals surface area contributed by atoms with Crippen LogP contribution in [0.5, 0.6) is 0 Å². The Morgan fingerprint density at radius 2 is 1.77 bits per heavy atom.